The fraction of sp³-hybridized carbons (Fsp3) is 0.235. The van der Waals surface area contributed by atoms with E-state index < -0.39 is 24.5 Å². The first kappa shape index (κ1) is 18.1. The quantitative estimate of drug-likeness (QED) is 0.840. The molecule has 0 unspecified atom stereocenters. The predicted octanol–water partition coefficient (Wildman–Crippen LogP) is 4.25. The van der Waals surface area contributed by atoms with Gasteiger partial charge in [-0.05, 0) is 23.8 Å². The van der Waals surface area contributed by atoms with Crippen LogP contribution in [-0.2, 0) is 4.79 Å². The molecule has 0 spiro atoms. The zero-order chi connectivity index (χ0) is 17.7. The molecule has 3 nitrogen and oxygen atoms in total. The third-order valence-corrected chi connectivity index (χ3v) is 3.67. The maximum atomic E-state index is 12.2. The molecule has 128 valence electrons. The monoisotopic (exact) mass is 357 g/mol. The Bertz CT molecular complexity index is 719. The number of rotatable bonds is 5. The largest absolute Gasteiger partial charge is 0.508 e. The van der Waals surface area contributed by atoms with Crippen LogP contribution in [0.5, 0.6) is 5.75 Å². The second-order valence-electron chi connectivity index (χ2n) is 5.26. The van der Waals surface area contributed by atoms with Gasteiger partial charge in [0.15, 0.2) is 0 Å². The summed E-state index contributed by atoms with van der Waals surface area (Å²) in [6, 6.07) is 13.0. The van der Waals surface area contributed by atoms with Crippen molar-refractivity contribution in [2.45, 2.75) is 18.5 Å². The molecule has 2 N–H and O–H groups in total. The molecule has 0 bridgehead atoms. The number of nitrogens with one attached hydrogen (secondary N) is 1. The molecule has 0 aliphatic carbocycles. The minimum Gasteiger partial charge on any atom is -0.508 e. The highest BCUT2D eigenvalue weighted by atomic mass is 35.5. The van der Waals surface area contributed by atoms with E-state index in [1.807, 2.05) is 5.32 Å². The molecule has 0 radical (unpaired) electrons. The van der Waals surface area contributed by atoms with Crippen LogP contribution in [0.2, 0.25) is 5.02 Å². The molecule has 0 aliphatic heterocycles. The van der Waals surface area contributed by atoms with Crippen molar-refractivity contribution in [2.24, 2.45) is 0 Å². The van der Waals surface area contributed by atoms with E-state index in [-0.39, 0.29) is 12.2 Å². The van der Waals surface area contributed by atoms with Crippen LogP contribution < -0.4 is 5.32 Å². The van der Waals surface area contributed by atoms with Gasteiger partial charge in [-0.25, -0.2) is 0 Å². The van der Waals surface area contributed by atoms with Crippen LogP contribution in [0.1, 0.15) is 23.5 Å². The molecular formula is C17H15ClF3NO2. The van der Waals surface area contributed by atoms with Gasteiger partial charge in [-0.3, -0.25) is 4.79 Å². The summed E-state index contributed by atoms with van der Waals surface area (Å²) in [5.74, 6) is -1.41. The highest BCUT2D eigenvalue weighted by Gasteiger charge is 2.29. The average molecular weight is 358 g/mol. The minimum atomic E-state index is -4.48. The predicted molar refractivity (Wildman–Crippen MR) is 85.1 cm³/mol. The van der Waals surface area contributed by atoms with Crippen LogP contribution in [0.15, 0.2) is 48.5 Å². The van der Waals surface area contributed by atoms with Gasteiger partial charge in [-0.15, -0.1) is 0 Å². The Kier molecular flexibility index (Phi) is 5.72. The number of phenols is 1. The molecule has 0 heterocycles. The smallest absolute Gasteiger partial charge is 0.405 e. The van der Waals surface area contributed by atoms with Crippen molar-refractivity contribution in [1.29, 1.82) is 0 Å². The van der Waals surface area contributed by atoms with Crippen molar-refractivity contribution in [3.8, 4) is 5.75 Å². The molecule has 0 fully saturated rings. The molecule has 1 amide bonds. The molecule has 0 saturated carbocycles. The molecule has 0 aliphatic rings. The number of benzene rings is 2. The van der Waals surface area contributed by atoms with Gasteiger partial charge >= 0.3 is 6.18 Å². The van der Waals surface area contributed by atoms with Crippen molar-refractivity contribution >= 4 is 17.5 Å². The maximum Gasteiger partial charge on any atom is 0.405 e. The van der Waals surface area contributed by atoms with Gasteiger partial charge in [0.25, 0.3) is 0 Å². The number of carbonyl (C=O) groups is 1. The van der Waals surface area contributed by atoms with Crippen molar-refractivity contribution in [2.75, 3.05) is 6.54 Å². The molecular weight excluding hydrogens is 343 g/mol. The van der Waals surface area contributed by atoms with Crippen LogP contribution in [0, 0.1) is 0 Å². The molecule has 7 heteroatoms. The van der Waals surface area contributed by atoms with E-state index in [4.69, 9.17) is 11.6 Å². The van der Waals surface area contributed by atoms with Gasteiger partial charge in [0.05, 0.1) is 0 Å². The Balaban J connectivity index is 2.27. The number of alkyl halides is 3. The van der Waals surface area contributed by atoms with Crippen molar-refractivity contribution in [3.63, 3.8) is 0 Å². The summed E-state index contributed by atoms with van der Waals surface area (Å²) >= 11 is 5.96. The number of hydrogen-bond donors (Lipinski definition) is 2. The van der Waals surface area contributed by atoms with Crippen LogP contribution in [0.3, 0.4) is 0 Å². The lowest BCUT2D eigenvalue weighted by atomic mass is 9.87. The highest BCUT2D eigenvalue weighted by Crippen LogP contribution is 2.34. The summed E-state index contributed by atoms with van der Waals surface area (Å²) in [5.41, 5.74) is 1.08. The summed E-state index contributed by atoms with van der Waals surface area (Å²) < 4.78 is 36.7. The number of aromatic hydroxyl groups is 1. The van der Waals surface area contributed by atoms with E-state index in [1.165, 1.54) is 6.07 Å². The van der Waals surface area contributed by atoms with Crippen molar-refractivity contribution < 1.29 is 23.1 Å². The molecule has 2 aromatic carbocycles. The lowest BCUT2D eigenvalue weighted by Gasteiger charge is -2.19. The summed E-state index contributed by atoms with van der Waals surface area (Å²) in [7, 11) is 0. The maximum absolute atomic E-state index is 12.2. The van der Waals surface area contributed by atoms with Gasteiger partial charge < -0.3 is 10.4 Å². The lowest BCUT2D eigenvalue weighted by Crippen LogP contribution is -2.34. The van der Waals surface area contributed by atoms with Gasteiger partial charge in [0.2, 0.25) is 5.91 Å². The summed E-state index contributed by atoms with van der Waals surface area (Å²) in [6.45, 7) is -1.39. The van der Waals surface area contributed by atoms with Crippen LogP contribution >= 0.6 is 11.6 Å². The molecule has 0 saturated heterocycles. The Morgan fingerprint density at radius 3 is 2.50 bits per heavy atom. The van der Waals surface area contributed by atoms with E-state index in [0.717, 1.165) is 0 Å². The fourth-order valence-corrected chi connectivity index (χ4v) is 2.57. The molecule has 0 aromatic heterocycles. The van der Waals surface area contributed by atoms with E-state index in [9.17, 15) is 23.1 Å². The summed E-state index contributed by atoms with van der Waals surface area (Å²) in [6.07, 6.45) is -4.72. The third kappa shape index (κ3) is 5.16. The molecule has 2 aromatic rings. The van der Waals surface area contributed by atoms with E-state index >= 15 is 0 Å². The van der Waals surface area contributed by atoms with Gasteiger partial charge in [0.1, 0.15) is 12.3 Å². The molecule has 24 heavy (non-hydrogen) atoms. The first-order valence-electron chi connectivity index (χ1n) is 7.13. The van der Waals surface area contributed by atoms with Gasteiger partial charge in [0, 0.05) is 22.9 Å². The molecule has 1 atom stereocenters. The van der Waals surface area contributed by atoms with Crippen molar-refractivity contribution in [1.82, 2.24) is 5.32 Å². The van der Waals surface area contributed by atoms with E-state index in [0.29, 0.717) is 16.1 Å². The number of amides is 1. The Hall–Kier alpha value is -2.21. The minimum absolute atomic E-state index is 0.0360. The summed E-state index contributed by atoms with van der Waals surface area (Å²) in [5, 5.41) is 12.3. The third-order valence-electron chi connectivity index (χ3n) is 3.44. The summed E-state index contributed by atoms with van der Waals surface area (Å²) in [4.78, 5) is 11.9. The zero-order valence-corrected chi connectivity index (χ0v) is 13.2. The number of para-hydroxylation sites is 1. The Labute approximate surface area is 142 Å². The van der Waals surface area contributed by atoms with E-state index in [2.05, 4.69) is 0 Å². The van der Waals surface area contributed by atoms with Crippen LogP contribution in [-0.4, -0.2) is 23.7 Å². The number of carbonyl (C=O) groups excluding carboxylic acids is 1. The Morgan fingerprint density at radius 2 is 1.88 bits per heavy atom. The topological polar surface area (TPSA) is 49.3 Å². The van der Waals surface area contributed by atoms with Crippen LogP contribution in [0.25, 0.3) is 0 Å². The standard InChI is InChI=1S/C17H15ClF3NO2/c18-12-5-3-4-11(8-12)14(13-6-1-2-7-15(13)23)9-16(24)22-10-17(19,20)21/h1-8,14,23H,9-10H2,(H,22,24)/t14-/m0/s1. The van der Waals surface area contributed by atoms with E-state index in [1.54, 1.807) is 42.5 Å². The zero-order valence-electron chi connectivity index (χ0n) is 12.5. The SMILES string of the molecule is O=C(C[C@@H](c1cccc(Cl)c1)c1ccccc1O)NCC(F)(F)F. The normalized spacial score (nSPS) is 12.7. The molecule has 2 rings (SSSR count). The average Bonchev–Trinajstić information content (AvgIpc) is 2.51. The number of halogens is 4. The first-order valence-corrected chi connectivity index (χ1v) is 7.51. The second-order valence-corrected chi connectivity index (χ2v) is 5.70. The Morgan fingerprint density at radius 1 is 1.17 bits per heavy atom. The fourth-order valence-electron chi connectivity index (χ4n) is 2.37. The second kappa shape index (κ2) is 7.57. The number of phenolic OH excluding ortho intramolecular Hbond substituents is 1. The van der Waals surface area contributed by atoms with Crippen LogP contribution in [0.4, 0.5) is 13.2 Å². The highest BCUT2D eigenvalue weighted by molar-refractivity contribution is 6.30. The van der Waals surface area contributed by atoms with Gasteiger partial charge in [-0.1, -0.05) is 41.9 Å². The number of hydrogen-bond acceptors (Lipinski definition) is 2. The lowest BCUT2D eigenvalue weighted by molar-refractivity contribution is -0.138. The first-order chi connectivity index (χ1) is 11.3. The van der Waals surface area contributed by atoms with Crippen molar-refractivity contribution in [3.05, 3.63) is 64.7 Å². The van der Waals surface area contributed by atoms with Gasteiger partial charge in [-0.2, -0.15) is 13.2 Å².